The van der Waals surface area contributed by atoms with Crippen LogP contribution in [-0.2, 0) is 24.6 Å². The molecule has 0 spiro atoms. The summed E-state index contributed by atoms with van der Waals surface area (Å²) in [4.78, 5) is 0. The standard InChI is InChI=1S/C19H30O4S.C4H12N/c1-2-3-4-5-6-7-8-9-10-14-17-19(22-24(20,21)23-19)18-15-12-11-13-16-18;1-5(2,3)4/h11-13,15-16H,2-10,14,17H2,1H3;1-4H3/q;+1. The monoisotopic (exact) mass is 428 g/mol. The lowest BCUT2D eigenvalue weighted by Crippen LogP contribution is -2.47. The van der Waals surface area contributed by atoms with E-state index in [2.05, 4.69) is 35.1 Å². The third kappa shape index (κ3) is 11.7. The number of benzene rings is 1. The molecule has 168 valence electrons. The molecule has 6 heteroatoms. The minimum absolute atomic E-state index is 0.576. The molecule has 0 amide bonds. The van der Waals surface area contributed by atoms with Gasteiger partial charge in [-0.15, -0.1) is 0 Å². The molecule has 0 saturated carbocycles. The van der Waals surface area contributed by atoms with Crippen molar-refractivity contribution in [3.05, 3.63) is 35.9 Å². The summed E-state index contributed by atoms with van der Waals surface area (Å²) in [7, 11) is 4.70. The van der Waals surface area contributed by atoms with Crippen molar-refractivity contribution in [1.82, 2.24) is 0 Å². The van der Waals surface area contributed by atoms with Gasteiger partial charge in [-0.05, 0) is 6.42 Å². The third-order valence-corrected chi connectivity index (χ3v) is 5.49. The van der Waals surface area contributed by atoms with Crippen LogP contribution >= 0.6 is 0 Å². The summed E-state index contributed by atoms with van der Waals surface area (Å²) in [6.07, 6.45) is 13.0. The third-order valence-electron chi connectivity index (χ3n) is 4.55. The molecule has 1 fully saturated rings. The van der Waals surface area contributed by atoms with E-state index in [0.29, 0.717) is 6.42 Å². The van der Waals surface area contributed by atoms with Crippen LogP contribution in [0.2, 0.25) is 0 Å². The van der Waals surface area contributed by atoms with Crippen LogP contribution in [0.1, 0.15) is 83.1 Å². The van der Waals surface area contributed by atoms with Gasteiger partial charge in [0.05, 0.1) is 28.2 Å². The Bertz CT molecular complexity index is 635. The van der Waals surface area contributed by atoms with Crippen LogP contribution in [0.3, 0.4) is 0 Å². The molecule has 1 aliphatic heterocycles. The molecule has 1 aromatic rings. The maximum Gasteiger partial charge on any atom is 0.405 e. The Balaban J connectivity index is 0.000000749. The number of quaternary nitrogens is 1. The lowest BCUT2D eigenvalue weighted by Gasteiger charge is -2.39. The fourth-order valence-corrected chi connectivity index (χ4v) is 4.23. The first-order valence-electron chi connectivity index (χ1n) is 11.1. The van der Waals surface area contributed by atoms with Gasteiger partial charge in [0.15, 0.2) is 0 Å². The number of nitrogens with zero attached hydrogens (tertiary/aromatic N) is 1. The van der Waals surface area contributed by atoms with Gasteiger partial charge in [0.2, 0.25) is 5.79 Å². The predicted molar refractivity (Wildman–Crippen MR) is 120 cm³/mol. The van der Waals surface area contributed by atoms with E-state index < -0.39 is 16.2 Å². The smallest absolute Gasteiger partial charge is 0.333 e. The molecule has 29 heavy (non-hydrogen) atoms. The summed E-state index contributed by atoms with van der Waals surface area (Å²) in [6, 6.07) is 9.33. The molecule has 2 rings (SSSR count). The van der Waals surface area contributed by atoms with Crippen molar-refractivity contribution in [2.24, 2.45) is 0 Å². The Morgan fingerprint density at radius 2 is 1.17 bits per heavy atom. The fourth-order valence-electron chi connectivity index (χ4n) is 3.20. The molecule has 5 nitrogen and oxygen atoms in total. The van der Waals surface area contributed by atoms with Crippen molar-refractivity contribution in [2.75, 3.05) is 28.2 Å². The number of rotatable bonds is 12. The minimum atomic E-state index is -3.80. The fraction of sp³-hybridized carbons (Fsp3) is 0.739. The van der Waals surface area contributed by atoms with Crippen molar-refractivity contribution in [3.8, 4) is 0 Å². The first-order chi connectivity index (χ1) is 13.6. The van der Waals surface area contributed by atoms with Crippen LogP contribution in [0.5, 0.6) is 0 Å². The zero-order chi connectivity index (χ0) is 21.8. The SMILES string of the molecule is CCCCCCCCCCCCC1(c2ccccc2)OS(=O)(=O)O1.C[N+](C)(C)C. The first kappa shape index (κ1) is 26.1. The Kier molecular flexibility index (Phi) is 11.4. The Hall–Kier alpha value is -0.950. The first-order valence-corrected chi connectivity index (χ1v) is 12.4. The van der Waals surface area contributed by atoms with Crippen LogP contribution in [0.25, 0.3) is 0 Å². The van der Waals surface area contributed by atoms with Crippen molar-refractivity contribution >= 4 is 10.4 Å². The zero-order valence-electron chi connectivity index (χ0n) is 19.2. The van der Waals surface area contributed by atoms with Gasteiger partial charge in [-0.1, -0.05) is 95.0 Å². The molecule has 0 bridgehead atoms. The highest BCUT2D eigenvalue weighted by molar-refractivity contribution is 7.82. The summed E-state index contributed by atoms with van der Waals surface area (Å²) in [6.45, 7) is 2.24. The van der Waals surface area contributed by atoms with Gasteiger partial charge >= 0.3 is 10.4 Å². The van der Waals surface area contributed by atoms with Crippen molar-refractivity contribution in [1.29, 1.82) is 0 Å². The highest BCUT2D eigenvalue weighted by Gasteiger charge is 2.52. The topological polar surface area (TPSA) is 52.6 Å². The second-order valence-electron chi connectivity index (χ2n) is 9.31. The molecule has 0 N–H and O–H groups in total. The van der Waals surface area contributed by atoms with E-state index in [9.17, 15) is 8.42 Å². The molecule has 0 unspecified atom stereocenters. The van der Waals surface area contributed by atoms with E-state index in [1.807, 2.05) is 30.3 Å². The Morgan fingerprint density at radius 1 is 0.759 bits per heavy atom. The molecular formula is C23H42NO4S+. The van der Waals surface area contributed by atoms with Crippen LogP contribution in [-0.4, -0.2) is 41.1 Å². The highest BCUT2D eigenvalue weighted by atomic mass is 32.3. The van der Waals surface area contributed by atoms with E-state index in [0.717, 1.165) is 22.9 Å². The van der Waals surface area contributed by atoms with E-state index in [1.165, 1.54) is 51.4 Å². The van der Waals surface area contributed by atoms with Crippen LogP contribution in [0.15, 0.2) is 30.3 Å². The molecule has 1 heterocycles. The summed E-state index contributed by atoms with van der Waals surface area (Å²) >= 11 is 0. The average molecular weight is 429 g/mol. The molecule has 1 aliphatic rings. The molecule has 0 aliphatic carbocycles. The molecule has 1 aromatic carbocycles. The number of hydrogen-bond donors (Lipinski definition) is 0. The van der Waals surface area contributed by atoms with Crippen molar-refractivity contribution in [3.63, 3.8) is 0 Å². The number of unbranched alkanes of at least 4 members (excludes halogenated alkanes) is 9. The van der Waals surface area contributed by atoms with E-state index >= 15 is 0 Å². The lowest BCUT2D eigenvalue weighted by molar-refractivity contribution is -0.849. The summed E-state index contributed by atoms with van der Waals surface area (Å²) in [5.41, 5.74) is 0.774. The Labute approximate surface area is 179 Å². The molecule has 0 atom stereocenters. The van der Waals surface area contributed by atoms with Crippen LogP contribution in [0.4, 0.5) is 0 Å². The predicted octanol–water partition coefficient (Wildman–Crippen LogP) is 5.76. The molecule has 1 saturated heterocycles. The highest BCUT2D eigenvalue weighted by Crippen LogP contribution is 2.44. The van der Waals surface area contributed by atoms with Gasteiger partial charge in [-0.25, -0.2) is 8.37 Å². The van der Waals surface area contributed by atoms with Gasteiger partial charge in [0.25, 0.3) is 0 Å². The van der Waals surface area contributed by atoms with Gasteiger partial charge in [0, 0.05) is 12.0 Å². The average Bonchev–Trinajstić information content (AvgIpc) is 2.61. The summed E-state index contributed by atoms with van der Waals surface area (Å²) in [5, 5.41) is 0. The van der Waals surface area contributed by atoms with Crippen molar-refractivity contribution < 1.29 is 21.3 Å². The van der Waals surface area contributed by atoms with E-state index in [-0.39, 0.29) is 0 Å². The van der Waals surface area contributed by atoms with Gasteiger partial charge < -0.3 is 4.48 Å². The largest absolute Gasteiger partial charge is 0.405 e. The van der Waals surface area contributed by atoms with Gasteiger partial charge in [-0.3, -0.25) is 0 Å². The normalized spacial score (nSPS) is 17.1. The quantitative estimate of drug-likeness (QED) is 0.313. The molecule has 0 radical (unpaired) electrons. The van der Waals surface area contributed by atoms with E-state index in [1.54, 1.807) is 0 Å². The number of hydrogen-bond acceptors (Lipinski definition) is 4. The van der Waals surface area contributed by atoms with Crippen molar-refractivity contribution in [2.45, 2.75) is 83.3 Å². The van der Waals surface area contributed by atoms with Crippen LogP contribution < -0.4 is 0 Å². The Morgan fingerprint density at radius 3 is 1.59 bits per heavy atom. The zero-order valence-corrected chi connectivity index (χ0v) is 20.0. The maximum absolute atomic E-state index is 11.3. The summed E-state index contributed by atoms with van der Waals surface area (Å²) in [5.74, 6) is -1.10. The molecule has 0 aromatic heterocycles. The lowest BCUT2D eigenvalue weighted by atomic mass is 9.98. The van der Waals surface area contributed by atoms with Gasteiger partial charge in [-0.2, -0.15) is 8.42 Å². The maximum atomic E-state index is 11.3. The second kappa shape index (κ2) is 12.7. The van der Waals surface area contributed by atoms with Gasteiger partial charge in [0.1, 0.15) is 0 Å². The minimum Gasteiger partial charge on any atom is -0.333 e. The van der Waals surface area contributed by atoms with E-state index in [4.69, 9.17) is 8.37 Å². The molecular weight excluding hydrogens is 386 g/mol. The summed E-state index contributed by atoms with van der Waals surface area (Å²) < 4.78 is 33.9. The van der Waals surface area contributed by atoms with Crippen LogP contribution in [0, 0.1) is 0 Å². The second-order valence-corrected chi connectivity index (χ2v) is 10.5.